The summed E-state index contributed by atoms with van der Waals surface area (Å²) in [7, 11) is 1.58. The third kappa shape index (κ3) is 3.95. The number of likely N-dealkylation sites (tertiary alicyclic amines) is 1. The molecule has 2 atom stereocenters. The molecule has 0 spiro atoms. The highest BCUT2D eigenvalue weighted by atomic mass is 35.5. The molecule has 2 unspecified atom stereocenters. The molecule has 112 valence electrons. The Morgan fingerprint density at radius 1 is 1.45 bits per heavy atom. The summed E-state index contributed by atoms with van der Waals surface area (Å²) in [6.45, 7) is 2.21. The number of hydrogen-bond acceptors (Lipinski definition) is 3. The molecule has 0 bridgehead atoms. The zero-order valence-corrected chi connectivity index (χ0v) is 12.6. The Balaban J connectivity index is 0.00000200. The lowest BCUT2D eigenvalue weighted by Crippen LogP contribution is -2.44. The molecule has 1 heterocycles. The fraction of sp³-hybridized carbons (Fsp3) is 0.533. The van der Waals surface area contributed by atoms with Crippen LogP contribution >= 0.6 is 12.4 Å². The Labute approximate surface area is 126 Å². The smallest absolute Gasteiger partial charge is 0.256 e. The van der Waals surface area contributed by atoms with E-state index in [0.29, 0.717) is 12.5 Å². The van der Waals surface area contributed by atoms with E-state index in [9.17, 15) is 4.79 Å². The van der Waals surface area contributed by atoms with E-state index >= 15 is 0 Å². The van der Waals surface area contributed by atoms with E-state index in [1.165, 1.54) is 0 Å². The van der Waals surface area contributed by atoms with Gasteiger partial charge in [0.1, 0.15) is 0 Å². The molecule has 4 nitrogen and oxygen atoms in total. The second-order valence-electron chi connectivity index (χ2n) is 5.05. The molecule has 0 aromatic heterocycles. The first-order valence-corrected chi connectivity index (χ1v) is 6.83. The number of methoxy groups -OCH3 is 1. The maximum atomic E-state index is 12.6. The van der Waals surface area contributed by atoms with Crippen LogP contribution in [-0.2, 0) is 9.53 Å². The molecule has 1 aliphatic heterocycles. The van der Waals surface area contributed by atoms with Crippen LogP contribution in [0.4, 0.5) is 0 Å². The number of piperidine rings is 1. The highest BCUT2D eigenvalue weighted by Gasteiger charge is 2.29. The van der Waals surface area contributed by atoms with Gasteiger partial charge in [-0.05, 0) is 30.9 Å². The summed E-state index contributed by atoms with van der Waals surface area (Å²) in [5.41, 5.74) is 6.62. The lowest BCUT2D eigenvalue weighted by Gasteiger charge is -2.34. The molecule has 2 N–H and O–H groups in total. The van der Waals surface area contributed by atoms with Gasteiger partial charge < -0.3 is 15.4 Å². The minimum absolute atomic E-state index is 0. The molecule has 1 aromatic carbocycles. The topological polar surface area (TPSA) is 55.6 Å². The van der Waals surface area contributed by atoms with Crippen LogP contribution in [0.5, 0.6) is 0 Å². The number of amides is 1. The Kier molecular flexibility index (Phi) is 6.99. The lowest BCUT2D eigenvalue weighted by atomic mass is 9.97. The second kappa shape index (κ2) is 8.25. The summed E-state index contributed by atoms with van der Waals surface area (Å²) >= 11 is 0. The summed E-state index contributed by atoms with van der Waals surface area (Å²) in [4.78, 5) is 14.4. The van der Waals surface area contributed by atoms with E-state index in [4.69, 9.17) is 10.5 Å². The summed E-state index contributed by atoms with van der Waals surface area (Å²) in [5.74, 6) is 0.470. The highest BCUT2D eigenvalue weighted by molar-refractivity contribution is 5.85. The van der Waals surface area contributed by atoms with E-state index in [2.05, 4.69) is 0 Å². The number of ether oxygens (including phenoxy) is 1. The number of nitrogens with zero attached hydrogens (tertiary/aromatic N) is 1. The lowest BCUT2D eigenvalue weighted by molar-refractivity contribution is -0.144. The van der Waals surface area contributed by atoms with Crippen molar-refractivity contribution in [3.05, 3.63) is 35.9 Å². The van der Waals surface area contributed by atoms with Crippen molar-refractivity contribution in [2.45, 2.75) is 18.9 Å². The Morgan fingerprint density at radius 2 is 2.15 bits per heavy atom. The maximum absolute atomic E-state index is 12.6. The van der Waals surface area contributed by atoms with Crippen molar-refractivity contribution in [3.63, 3.8) is 0 Å². The Morgan fingerprint density at radius 3 is 2.75 bits per heavy atom. The van der Waals surface area contributed by atoms with E-state index in [1.54, 1.807) is 7.11 Å². The van der Waals surface area contributed by atoms with E-state index < -0.39 is 6.10 Å². The van der Waals surface area contributed by atoms with Gasteiger partial charge in [0.25, 0.3) is 5.91 Å². The van der Waals surface area contributed by atoms with E-state index in [0.717, 1.165) is 31.5 Å². The molecule has 0 aliphatic carbocycles. The fourth-order valence-corrected chi connectivity index (χ4v) is 2.63. The zero-order valence-electron chi connectivity index (χ0n) is 11.8. The van der Waals surface area contributed by atoms with Gasteiger partial charge in [-0.3, -0.25) is 4.79 Å². The molecule has 5 heteroatoms. The van der Waals surface area contributed by atoms with Gasteiger partial charge in [-0.1, -0.05) is 30.3 Å². The first-order valence-electron chi connectivity index (χ1n) is 6.83. The third-order valence-corrected chi connectivity index (χ3v) is 3.73. The van der Waals surface area contributed by atoms with Gasteiger partial charge in [0.2, 0.25) is 0 Å². The molecular formula is C15H23ClN2O2. The van der Waals surface area contributed by atoms with Gasteiger partial charge in [-0.15, -0.1) is 12.4 Å². The molecular weight excluding hydrogens is 276 g/mol. The molecule has 20 heavy (non-hydrogen) atoms. The van der Waals surface area contributed by atoms with Crippen molar-refractivity contribution in [1.82, 2.24) is 4.90 Å². The van der Waals surface area contributed by atoms with Crippen LogP contribution in [0.1, 0.15) is 24.5 Å². The number of nitrogens with two attached hydrogens (primary N) is 1. The average Bonchev–Trinajstić information content (AvgIpc) is 2.49. The molecule has 0 radical (unpaired) electrons. The zero-order chi connectivity index (χ0) is 13.7. The average molecular weight is 299 g/mol. The predicted molar refractivity (Wildman–Crippen MR) is 81.8 cm³/mol. The largest absolute Gasteiger partial charge is 0.367 e. The van der Waals surface area contributed by atoms with Crippen LogP contribution in [0.25, 0.3) is 0 Å². The molecule has 0 saturated carbocycles. The predicted octanol–water partition coefficient (Wildman–Crippen LogP) is 1.99. The van der Waals surface area contributed by atoms with Crippen molar-refractivity contribution >= 4 is 18.3 Å². The summed E-state index contributed by atoms with van der Waals surface area (Å²) in [6, 6.07) is 9.64. The van der Waals surface area contributed by atoms with E-state index in [-0.39, 0.29) is 18.3 Å². The van der Waals surface area contributed by atoms with Gasteiger partial charge >= 0.3 is 0 Å². The van der Waals surface area contributed by atoms with Crippen molar-refractivity contribution in [2.24, 2.45) is 11.7 Å². The standard InChI is InChI=1S/C15H22N2O2.ClH/c1-19-14(13-7-3-2-4-8-13)15(18)17-9-5-6-12(10-16)11-17;/h2-4,7-8,12,14H,5-6,9-11,16H2,1H3;1H. The third-order valence-electron chi connectivity index (χ3n) is 3.73. The second-order valence-corrected chi connectivity index (χ2v) is 5.05. The van der Waals surface area contributed by atoms with Crippen LogP contribution in [0, 0.1) is 5.92 Å². The number of carbonyl (C=O) groups is 1. The molecule has 1 aromatic rings. The first kappa shape index (κ1) is 17.0. The van der Waals surface area contributed by atoms with Crippen LogP contribution < -0.4 is 5.73 Å². The van der Waals surface area contributed by atoms with Crippen molar-refractivity contribution < 1.29 is 9.53 Å². The minimum Gasteiger partial charge on any atom is -0.367 e. The quantitative estimate of drug-likeness (QED) is 0.925. The molecule has 1 amide bonds. The molecule has 1 fully saturated rings. The van der Waals surface area contributed by atoms with Gasteiger partial charge in [-0.2, -0.15) is 0 Å². The van der Waals surface area contributed by atoms with Crippen LogP contribution in [0.2, 0.25) is 0 Å². The number of halogens is 1. The number of rotatable bonds is 4. The van der Waals surface area contributed by atoms with Crippen LogP contribution in [0.15, 0.2) is 30.3 Å². The summed E-state index contributed by atoms with van der Waals surface area (Å²) < 4.78 is 5.40. The number of carbonyl (C=O) groups excluding carboxylic acids is 1. The normalized spacial score (nSPS) is 20.1. The molecule has 1 saturated heterocycles. The van der Waals surface area contributed by atoms with E-state index in [1.807, 2.05) is 35.2 Å². The van der Waals surface area contributed by atoms with Gasteiger partial charge in [0, 0.05) is 20.2 Å². The van der Waals surface area contributed by atoms with Gasteiger partial charge in [0.05, 0.1) is 0 Å². The van der Waals surface area contributed by atoms with Crippen molar-refractivity contribution in [3.8, 4) is 0 Å². The SMILES string of the molecule is COC(C(=O)N1CCCC(CN)C1)c1ccccc1.Cl. The monoisotopic (exact) mass is 298 g/mol. The number of benzene rings is 1. The summed E-state index contributed by atoms with van der Waals surface area (Å²) in [5, 5.41) is 0. The highest BCUT2D eigenvalue weighted by Crippen LogP contribution is 2.23. The van der Waals surface area contributed by atoms with Crippen LogP contribution in [0.3, 0.4) is 0 Å². The Bertz CT molecular complexity index is 414. The molecule has 1 aliphatic rings. The van der Waals surface area contributed by atoms with Crippen molar-refractivity contribution in [1.29, 1.82) is 0 Å². The summed E-state index contributed by atoms with van der Waals surface area (Å²) in [6.07, 6.45) is 1.64. The minimum atomic E-state index is -0.502. The molecule has 2 rings (SSSR count). The van der Waals surface area contributed by atoms with Crippen LogP contribution in [-0.4, -0.2) is 37.6 Å². The maximum Gasteiger partial charge on any atom is 0.256 e. The Hall–Kier alpha value is -1.10. The van der Waals surface area contributed by atoms with Gasteiger partial charge in [0.15, 0.2) is 6.10 Å². The van der Waals surface area contributed by atoms with Gasteiger partial charge in [-0.25, -0.2) is 0 Å². The number of hydrogen-bond donors (Lipinski definition) is 1. The van der Waals surface area contributed by atoms with Crippen molar-refractivity contribution in [2.75, 3.05) is 26.7 Å². The fourth-order valence-electron chi connectivity index (χ4n) is 2.63. The first-order chi connectivity index (χ1) is 9.26.